The number of rotatable bonds is 12. The van der Waals surface area contributed by atoms with Gasteiger partial charge in [-0.2, -0.15) is 0 Å². The summed E-state index contributed by atoms with van der Waals surface area (Å²) in [4.78, 5) is 27.8. The lowest BCUT2D eigenvalue weighted by molar-refractivity contribution is -0.139. The van der Waals surface area contributed by atoms with E-state index in [4.69, 9.17) is 21.1 Å². The molecule has 0 unspecified atom stereocenters. The van der Waals surface area contributed by atoms with Crippen LogP contribution in [0.5, 0.6) is 11.5 Å². The molecule has 0 aliphatic rings. The van der Waals surface area contributed by atoms with Crippen LogP contribution in [0.4, 0.5) is 10.1 Å². The van der Waals surface area contributed by atoms with Crippen LogP contribution < -0.4 is 19.1 Å². The Morgan fingerprint density at radius 2 is 1.59 bits per heavy atom. The van der Waals surface area contributed by atoms with Crippen molar-refractivity contribution in [3.05, 3.63) is 83.1 Å². The average molecular weight is 606 g/mol. The molecular weight excluding hydrogens is 573 g/mol. The molecule has 9 nitrogen and oxygen atoms in total. The van der Waals surface area contributed by atoms with Gasteiger partial charge in [0.05, 0.1) is 24.8 Å². The summed E-state index contributed by atoms with van der Waals surface area (Å²) in [5, 5.41) is 3.11. The topological polar surface area (TPSA) is 105 Å². The Balaban J connectivity index is 2.08. The minimum Gasteiger partial charge on any atom is -0.493 e. The molecule has 0 aliphatic carbocycles. The van der Waals surface area contributed by atoms with Crippen LogP contribution in [0.1, 0.15) is 26.3 Å². The van der Waals surface area contributed by atoms with Gasteiger partial charge in [-0.15, -0.1) is 0 Å². The number of anilines is 1. The van der Waals surface area contributed by atoms with Gasteiger partial charge in [-0.25, -0.2) is 12.8 Å². The number of methoxy groups -OCH3 is 2. The first-order valence-electron chi connectivity index (χ1n) is 12.7. The Morgan fingerprint density at radius 3 is 2.17 bits per heavy atom. The molecule has 0 aromatic heterocycles. The number of halogens is 2. The van der Waals surface area contributed by atoms with E-state index in [0.29, 0.717) is 10.8 Å². The van der Waals surface area contributed by atoms with Gasteiger partial charge < -0.3 is 19.7 Å². The molecule has 41 heavy (non-hydrogen) atoms. The number of ether oxygens (including phenoxy) is 2. The summed E-state index contributed by atoms with van der Waals surface area (Å²) in [6, 6.07) is 14.6. The molecule has 220 valence electrons. The third-order valence-electron chi connectivity index (χ3n) is 6.23. The average Bonchev–Trinajstić information content (AvgIpc) is 2.94. The highest BCUT2D eigenvalue weighted by Crippen LogP contribution is 2.32. The van der Waals surface area contributed by atoms with Crippen LogP contribution in [-0.4, -0.2) is 58.0 Å². The van der Waals surface area contributed by atoms with Gasteiger partial charge >= 0.3 is 0 Å². The largest absolute Gasteiger partial charge is 0.493 e. The molecule has 12 heteroatoms. The standard InChI is InChI=1S/C29H33ClFN3O6S/c1-19(2)32-29(36)20(3)33(17-21-8-6-7-9-25(21)31)28(35)18-34(23-12-10-22(30)11-13-23)41(37,38)24-14-15-26(39-4)27(16-24)40-5/h6-16,19-20H,17-18H2,1-5H3,(H,32,36)/t20-/m0/s1. The maximum atomic E-state index is 14.6. The molecule has 1 atom stereocenters. The van der Waals surface area contributed by atoms with Crippen LogP contribution in [0.25, 0.3) is 0 Å². The van der Waals surface area contributed by atoms with Gasteiger partial charge in [0.25, 0.3) is 10.0 Å². The Labute approximate surface area is 244 Å². The van der Waals surface area contributed by atoms with Crippen molar-refractivity contribution >= 4 is 39.1 Å². The van der Waals surface area contributed by atoms with Gasteiger partial charge in [-0.1, -0.05) is 29.8 Å². The predicted molar refractivity (Wildman–Crippen MR) is 155 cm³/mol. The second kappa shape index (κ2) is 13.7. The normalized spacial score (nSPS) is 12.0. The number of hydrogen-bond donors (Lipinski definition) is 1. The maximum absolute atomic E-state index is 14.6. The summed E-state index contributed by atoms with van der Waals surface area (Å²) < 4.78 is 54.0. The molecule has 0 bridgehead atoms. The fraction of sp³-hybridized carbons (Fsp3) is 0.310. The lowest BCUT2D eigenvalue weighted by Gasteiger charge is -2.32. The number of benzene rings is 3. The van der Waals surface area contributed by atoms with Gasteiger partial charge in [-0.3, -0.25) is 13.9 Å². The number of carbonyl (C=O) groups excluding carboxylic acids is 2. The summed E-state index contributed by atoms with van der Waals surface area (Å²) >= 11 is 6.05. The van der Waals surface area contributed by atoms with Crippen molar-refractivity contribution in [3.63, 3.8) is 0 Å². The zero-order valence-corrected chi connectivity index (χ0v) is 25.0. The second-order valence-corrected chi connectivity index (χ2v) is 11.8. The van der Waals surface area contributed by atoms with Crippen LogP contribution in [0.2, 0.25) is 5.02 Å². The van der Waals surface area contributed by atoms with E-state index < -0.39 is 40.2 Å². The van der Waals surface area contributed by atoms with Crippen molar-refractivity contribution < 1.29 is 31.9 Å². The van der Waals surface area contributed by atoms with E-state index >= 15 is 0 Å². The van der Waals surface area contributed by atoms with Crippen molar-refractivity contribution in [1.82, 2.24) is 10.2 Å². The third kappa shape index (κ3) is 7.68. The Hall–Kier alpha value is -3.83. The van der Waals surface area contributed by atoms with Crippen molar-refractivity contribution in [1.29, 1.82) is 0 Å². The van der Waals surface area contributed by atoms with E-state index in [1.807, 2.05) is 0 Å². The van der Waals surface area contributed by atoms with E-state index in [0.717, 1.165) is 9.21 Å². The van der Waals surface area contributed by atoms with Gasteiger partial charge in [0.1, 0.15) is 18.4 Å². The van der Waals surface area contributed by atoms with Crippen molar-refractivity contribution in [3.8, 4) is 11.5 Å². The molecule has 3 aromatic carbocycles. The quantitative estimate of drug-likeness (QED) is 0.323. The summed E-state index contributed by atoms with van der Waals surface area (Å²) in [5.41, 5.74) is 0.327. The number of amides is 2. The molecule has 2 amide bonds. The molecule has 0 radical (unpaired) electrons. The van der Waals surface area contributed by atoms with Crippen LogP contribution in [0.3, 0.4) is 0 Å². The molecule has 0 heterocycles. The summed E-state index contributed by atoms with van der Waals surface area (Å²) in [5.74, 6) is -1.25. The lowest BCUT2D eigenvalue weighted by atomic mass is 10.1. The van der Waals surface area contributed by atoms with E-state index in [-0.39, 0.29) is 34.5 Å². The minimum atomic E-state index is -4.37. The molecule has 0 saturated carbocycles. The fourth-order valence-corrected chi connectivity index (χ4v) is 5.59. The molecule has 3 aromatic rings. The predicted octanol–water partition coefficient (Wildman–Crippen LogP) is 4.63. The summed E-state index contributed by atoms with van der Waals surface area (Å²) in [6.07, 6.45) is 0. The van der Waals surface area contributed by atoms with Crippen LogP contribution in [0.15, 0.2) is 71.6 Å². The van der Waals surface area contributed by atoms with Gasteiger partial charge in [0.2, 0.25) is 11.8 Å². The third-order valence-corrected chi connectivity index (χ3v) is 8.26. The smallest absolute Gasteiger partial charge is 0.264 e. The highest BCUT2D eigenvalue weighted by atomic mass is 35.5. The molecule has 0 spiro atoms. The summed E-state index contributed by atoms with van der Waals surface area (Å²) in [6.45, 7) is 4.10. The van der Waals surface area contributed by atoms with Crippen LogP contribution in [0, 0.1) is 5.82 Å². The molecule has 1 N–H and O–H groups in total. The second-order valence-electron chi connectivity index (χ2n) is 9.46. The Kier molecular flexibility index (Phi) is 10.6. The molecule has 0 fully saturated rings. The maximum Gasteiger partial charge on any atom is 0.264 e. The molecular formula is C29H33ClFN3O6S. The molecule has 3 rings (SSSR count). The van der Waals surface area contributed by atoms with Gasteiger partial charge in [0, 0.05) is 29.2 Å². The van der Waals surface area contributed by atoms with E-state index in [1.54, 1.807) is 19.9 Å². The van der Waals surface area contributed by atoms with Crippen LogP contribution >= 0.6 is 11.6 Å². The monoisotopic (exact) mass is 605 g/mol. The SMILES string of the molecule is COc1ccc(S(=O)(=O)N(CC(=O)N(Cc2ccccc2F)[C@@H](C)C(=O)NC(C)C)c2ccc(Cl)cc2)cc1OC. The van der Waals surface area contributed by atoms with E-state index in [9.17, 15) is 22.4 Å². The van der Waals surface area contributed by atoms with Crippen LogP contribution in [-0.2, 0) is 26.2 Å². The first-order valence-corrected chi connectivity index (χ1v) is 14.5. The number of nitrogens with one attached hydrogen (secondary N) is 1. The highest BCUT2D eigenvalue weighted by molar-refractivity contribution is 7.92. The Bertz CT molecular complexity index is 1480. The number of hydrogen-bond acceptors (Lipinski definition) is 6. The summed E-state index contributed by atoms with van der Waals surface area (Å²) in [7, 11) is -1.57. The van der Waals surface area contributed by atoms with Crippen molar-refractivity contribution in [2.45, 2.75) is 44.3 Å². The minimum absolute atomic E-state index is 0.155. The first-order chi connectivity index (χ1) is 19.4. The van der Waals surface area contributed by atoms with Gasteiger partial charge in [-0.05, 0) is 63.2 Å². The molecule has 0 saturated heterocycles. The zero-order valence-electron chi connectivity index (χ0n) is 23.4. The molecule has 0 aliphatic heterocycles. The van der Waals surface area contributed by atoms with E-state index in [2.05, 4.69) is 5.32 Å². The lowest BCUT2D eigenvalue weighted by Crippen LogP contribution is -2.52. The van der Waals surface area contributed by atoms with E-state index in [1.165, 1.54) is 81.8 Å². The number of nitrogens with zero attached hydrogens (tertiary/aromatic N) is 2. The highest BCUT2D eigenvalue weighted by Gasteiger charge is 2.33. The first kappa shape index (κ1) is 31.7. The van der Waals surface area contributed by atoms with Crippen molar-refractivity contribution in [2.24, 2.45) is 0 Å². The Morgan fingerprint density at radius 1 is 0.951 bits per heavy atom. The fourth-order valence-electron chi connectivity index (χ4n) is 4.04. The van der Waals surface area contributed by atoms with Crippen molar-refractivity contribution in [2.75, 3.05) is 25.1 Å². The number of carbonyl (C=O) groups is 2. The van der Waals surface area contributed by atoms with Gasteiger partial charge in [0.15, 0.2) is 11.5 Å². The number of sulfonamides is 1. The zero-order chi connectivity index (χ0) is 30.3.